The molecule has 0 saturated carbocycles. The highest BCUT2D eigenvalue weighted by molar-refractivity contribution is 6.19. The normalized spacial score (nSPS) is 16.2. The summed E-state index contributed by atoms with van der Waals surface area (Å²) < 4.78 is 16.3. The van der Waals surface area contributed by atoms with Gasteiger partial charge in [0.2, 0.25) is 0 Å². The lowest BCUT2D eigenvalue weighted by atomic mass is 9.87. The van der Waals surface area contributed by atoms with Gasteiger partial charge in [-0.25, -0.2) is 9.59 Å². The van der Waals surface area contributed by atoms with Crippen molar-refractivity contribution >= 4 is 18.0 Å². The second-order valence-electron chi connectivity index (χ2n) is 8.15. The zero-order valence-corrected chi connectivity index (χ0v) is 16.7. The number of hydrogen-bond acceptors (Lipinski definition) is 5. The maximum absolute atomic E-state index is 12.2. The number of hydrogen-bond donors (Lipinski definition) is 0. The largest absolute Gasteiger partial charge is 0.457 e. The minimum atomic E-state index is -1.27. The monoisotopic (exact) mass is 380 g/mol. The van der Waals surface area contributed by atoms with Crippen LogP contribution in [0, 0.1) is 0 Å². The van der Waals surface area contributed by atoms with Gasteiger partial charge in [0, 0.05) is 19.4 Å². The molecule has 0 radical (unpaired) electrons. The number of ether oxygens (including phenoxy) is 3. The number of benzene rings is 2. The number of esters is 2. The van der Waals surface area contributed by atoms with Gasteiger partial charge in [-0.15, -0.1) is 0 Å². The summed E-state index contributed by atoms with van der Waals surface area (Å²) >= 11 is 0. The lowest BCUT2D eigenvalue weighted by Gasteiger charge is -2.29. The molecule has 0 aliphatic carbocycles. The van der Waals surface area contributed by atoms with E-state index in [1.807, 2.05) is 24.3 Å². The van der Waals surface area contributed by atoms with E-state index in [0.717, 1.165) is 5.56 Å². The van der Waals surface area contributed by atoms with Gasteiger partial charge in [0.15, 0.2) is 0 Å². The Balaban J connectivity index is 1.93. The third-order valence-electron chi connectivity index (χ3n) is 4.26. The van der Waals surface area contributed by atoms with E-state index >= 15 is 0 Å². The maximum atomic E-state index is 12.2. The first-order valence-electron chi connectivity index (χ1n) is 9.11. The molecule has 0 aromatic heterocycles. The molecule has 28 heavy (non-hydrogen) atoms. The van der Waals surface area contributed by atoms with Crippen LogP contribution in [-0.4, -0.2) is 17.7 Å². The summed E-state index contributed by atoms with van der Waals surface area (Å²) in [5, 5.41) is 0. The highest BCUT2D eigenvalue weighted by Crippen LogP contribution is 2.32. The molecule has 1 fully saturated rings. The highest BCUT2D eigenvalue weighted by Gasteiger charge is 2.39. The predicted molar refractivity (Wildman–Crippen MR) is 106 cm³/mol. The van der Waals surface area contributed by atoms with Gasteiger partial charge in [0.1, 0.15) is 17.1 Å². The van der Waals surface area contributed by atoms with Crippen molar-refractivity contribution in [3.63, 3.8) is 0 Å². The van der Waals surface area contributed by atoms with Crippen LogP contribution < -0.4 is 4.74 Å². The Morgan fingerprint density at radius 3 is 2.21 bits per heavy atom. The molecule has 0 N–H and O–H groups in total. The Kier molecular flexibility index (Phi) is 5.02. The van der Waals surface area contributed by atoms with E-state index in [1.165, 1.54) is 19.9 Å². The Morgan fingerprint density at radius 2 is 1.57 bits per heavy atom. The second kappa shape index (κ2) is 7.15. The van der Waals surface area contributed by atoms with Gasteiger partial charge in [-0.05, 0) is 35.3 Å². The highest BCUT2D eigenvalue weighted by atomic mass is 16.7. The molecule has 146 valence electrons. The molecule has 3 rings (SSSR count). The fourth-order valence-electron chi connectivity index (χ4n) is 2.78. The fourth-order valence-corrected chi connectivity index (χ4v) is 2.78. The summed E-state index contributed by atoms with van der Waals surface area (Å²) in [6, 6.07) is 15.0. The van der Waals surface area contributed by atoms with Gasteiger partial charge in [-0.1, -0.05) is 51.1 Å². The van der Waals surface area contributed by atoms with Gasteiger partial charge in [-0.3, -0.25) is 0 Å². The summed E-state index contributed by atoms with van der Waals surface area (Å²) in [7, 11) is 0. The Bertz CT molecular complexity index is 925. The van der Waals surface area contributed by atoms with Crippen molar-refractivity contribution in [3.8, 4) is 11.5 Å². The smallest absolute Gasteiger partial charge is 0.348 e. The van der Waals surface area contributed by atoms with Gasteiger partial charge >= 0.3 is 11.9 Å². The van der Waals surface area contributed by atoms with Crippen molar-refractivity contribution < 1.29 is 23.8 Å². The van der Waals surface area contributed by atoms with Crippen LogP contribution in [0.2, 0.25) is 0 Å². The third-order valence-corrected chi connectivity index (χ3v) is 4.26. The van der Waals surface area contributed by atoms with Crippen molar-refractivity contribution in [1.82, 2.24) is 0 Å². The standard InChI is InChI=1S/C23H24O5/c1-22(2,3)16-10-8-11-17(14-16)26-19-12-7-6-9-15(19)13-18-20(24)27-23(4,5)28-21(18)25/h6-14H,1-5H3. The van der Waals surface area contributed by atoms with Gasteiger partial charge in [0.05, 0.1) is 0 Å². The first-order valence-corrected chi connectivity index (χ1v) is 9.11. The summed E-state index contributed by atoms with van der Waals surface area (Å²) in [5.74, 6) is -1.51. The first kappa shape index (κ1) is 19.7. The molecule has 0 atom stereocenters. The van der Waals surface area contributed by atoms with Crippen LogP contribution in [0.4, 0.5) is 0 Å². The van der Waals surface area contributed by atoms with Crippen LogP contribution in [0.15, 0.2) is 54.1 Å². The zero-order chi connectivity index (χ0) is 20.5. The lowest BCUT2D eigenvalue weighted by molar-refractivity contribution is -0.222. The third kappa shape index (κ3) is 4.42. The molecule has 1 heterocycles. The summed E-state index contributed by atoms with van der Waals surface area (Å²) in [5.41, 5.74) is 1.54. The molecule has 5 heteroatoms. The van der Waals surface area contributed by atoms with Crippen LogP contribution in [-0.2, 0) is 24.5 Å². The van der Waals surface area contributed by atoms with E-state index in [-0.39, 0.29) is 11.0 Å². The summed E-state index contributed by atoms with van der Waals surface area (Å²) in [4.78, 5) is 24.4. The van der Waals surface area contributed by atoms with Gasteiger partial charge < -0.3 is 14.2 Å². The van der Waals surface area contributed by atoms with Crippen LogP contribution >= 0.6 is 0 Å². The molecular formula is C23H24O5. The number of cyclic esters (lactones) is 2. The van der Waals surface area contributed by atoms with Crippen LogP contribution in [0.5, 0.6) is 11.5 Å². The fraction of sp³-hybridized carbons (Fsp3) is 0.304. The van der Waals surface area contributed by atoms with E-state index in [9.17, 15) is 9.59 Å². The topological polar surface area (TPSA) is 61.8 Å². The molecule has 1 aliphatic heterocycles. The molecule has 5 nitrogen and oxygen atoms in total. The second-order valence-corrected chi connectivity index (χ2v) is 8.15. The van der Waals surface area contributed by atoms with E-state index in [2.05, 4.69) is 26.8 Å². The number of para-hydroxylation sites is 1. The van der Waals surface area contributed by atoms with Crippen molar-refractivity contribution in [3.05, 3.63) is 65.2 Å². The van der Waals surface area contributed by atoms with Crippen LogP contribution in [0.3, 0.4) is 0 Å². The molecule has 1 aliphatic rings. The van der Waals surface area contributed by atoms with Gasteiger partial charge in [0.25, 0.3) is 5.79 Å². The van der Waals surface area contributed by atoms with Crippen molar-refractivity contribution in [2.24, 2.45) is 0 Å². The quantitative estimate of drug-likeness (QED) is 0.426. The van der Waals surface area contributed by atoms with Gasteiger partial charge in [-0.2, -0.15) is 0 Å². The average Bonchev–Trinajstić information content (AvgIpc) is 2.58. The molecule has 0 spiro atoms. The molecule has 0 bridgehead atoms. The van der Waals surface area contributed by atoms with Crippen molar-refractivity contribution in [2.45, 2.75) is 45.8 Å². The Hall–Kier alpha value is -3.08. The Labute approximate surface area is 164 Å². The van der Waals surface area contributed by atoms with E-state index in [0.29, 0.717) is 17.1 Å². The van der Waals surface area contributed by atoms with E-state index < -0.39 is 17.7 Å². The van der Waals surface area contributed by atoms with Crippen LogP contribution in [0.25, 0.3) is 6.08 Å². The van der Waals surface area contributed by atoms with Crippen LogP contribution in [0.1, 0.15) is 45.7 Å². The van der Waals surface area contributed by atoms with E-state index in [4.69, 9.17) is 14.2 Å². The number of carbonyl (C=O) groups excluding carboxylic acids is 2. The number of carbonyl (C=O) groups is 2. The average molecular weight is 380 g/mol. The Morgan fingerprint density at radius 1 is 0.929 bits per heavy atom. The lowest BCUT2D eigenvalue weighted by Crippen LogP contribution is -2.41. The molecule has 0 unspecified atom stereocenters. The molecule has 2 aromatic carbocycles. The predicted octanol–water partition coefficient (Wildman–Crippen LogP) is 5.00. The molecule has 0 amide bonds. The minimum absolute atomic E-state index is 0.0106. The summed E-state index contributed by atoms with van der Waals surface area (Å²) in [6.07, 6.45) is 1.43. The molecule has 2 aromatic rings. The minimum Gasteiger partial charge on any atom is -0.457 e. The molecule has 1 saturated heterocycles. The summed E-state index contributed by atoms with van der Waals surface area (Å²) in [6.45, 7) is 9.42. The molecular weight excluding hydrogens is 356 g/mol. The maximum Gasteiger partial charge on any atom is 0.348 e. The van der Waals surface area contributed by atoms with E-state index in [1.54, 1.807) is 18.2 Å². The first-order chi connectivity index (χ1) is 13.0. The SMILES string of the molecule is CC1(C)OC(=O)C(=Cc2ccccc2Oc2cccc(C(C)(C)C)c2)C(=O)O1. The van der Waals surface area contributed by atoms with Crippen molar-refractivity contribution in [2.75, 3.05) is 0 Å². The zero-order valence-electron chi connectivity index (χ0n) is 16.7. The van der Waals surface area contributed by atoms with Crippen molar-refractivity contribution in [1.29, 1.82) is 0 Å². The number of rotatable bonds is 3.